The Bertz CT molecular complexity index is 1560. The molecular weight excluding hydrogens is 481 g/mol. The maximum Gasteiger partial charge on any atom is 0.276 e. The van der Waals surface area contributed by atoms with Crippen LogP contribution in [0.4, 0.5) is 10.1 Å². The van der Waals surface area contributed by atoms with Crippen LogP contribution in [0.3, 0.4) is 0 Å². The highest BCUT2D eigenvalue weighted by Crippen LogP contribution is 2.35. The maximum absolute atomic E-state index is 13.8. The van der Waals surface area contributed by atoms with Crippen LogP contribution in [0.15, 0.2) is 97.2 Å². The molecule has 5 aromatic rings. The van der Waals surface area contributed by atoms with Gasteiger partial charge in [0.25, 0.3) is 5.91 Å². The first kappa shape index (κ1) is 25.2. The molecule has 0 spiro atoms. The van der Waals surface area contributed by atoms with Crippen molar-refractivity contribution in [3.05, 3.63) is 126 Å². The summed E-state index contributed by atoms with van der Waals surface area (Å²) >= 11 is 0. The zero-order valence-corrected chi connectivity index (χ0v) is 21.2. The van der Waals surface area contributed by atoms with E-state index >= 15 is 0 Å². The second kappa shape index (κ2) is 10.5. The minimum atomic E-state index is -1.09. The number of para-hydroxylation sites is 1. The van der Waals surface area contributed by atoms with Gasteiger partial charge in [-0.25, -0.2) is 4.39 Å². The van der Waals surface area contributed by atoms with Gasteiger partial charge in [-0.3, -0.25) is 9.78 Å². The van der Waals surface area contributed by atoms with E-state index in [4.69, 9.17) is 4.74 Å². The molecule has 7 heteroatoms. The van der Waals surface area contributed by atoms with E-state index in [0.717, 1.165) is 22.0 Å². The van der Waals surface area contributed by atoms with E-state index in [1.165, 1.54) is 18.3 Å². The predicted octanol–water partition coefficient (Wildman–Crippen LogP) is 6.28. The van der Waals surface area contributed by atoms with Gasteiger partial charge in [0.05, 0.1) is 23.1 Å². The minimum Gasteiger partial charge on any atom is -0.486 e. The monoisotopic (exact) mass is 509 g/mol. The largest absolute Gasteiger partial charge is 0.486 e. The first-order valence-electron chi connectivity index (χ1n) is 12.3. The predicted molar refractivity (Wildman–Crippen MR) is 146 cm³/mol. The molecule has 2 N–H and O–H groups in total. The number of carbonyl (C=O) groups excluding carboxylic acids is 1. The van der Waals surface area contributed by atoms with Crippen molar-refractivity contribution < 1.29 is 19.0 Å². The number of anilines is 1. The zero-order chi connectivity index (χ0) is 26.7. The van der Waals surface area contributed by atoms with E-state index in [2.05, 4.69) is 10.3 Å². The van der Waals surface area contributed by atoms with Crippen LogP contribution in [0, 0.1) is 5.82 Å². The quantitative estimate of drug-likeness (QED) is 0.258. The van der Waals surface area contributed by atoms with Crippen molar-refractivity contribution in [1.82, 2.24) is 9.55 Å². The van der Waals surface area contributed by atoms with Crippen LogP contribution in [-0.4, -0.2) is 20.6 Å². The zero-order valence-electron chi connectivity index (χ0n) is 21.2. The van der Waals surface area contributed by atoms with Crippen molar-refractivity contribution in [1.29, 1.82) is 0 Å². The standard InChI is InChI=1S/C31H28FN3O3/c1-31(2,37)27-17-16-24(18-33-27)34-30(36)28-29(38-20-22-8-4-3-5-9-22)25-10-6-7-11-26(25)35(28)19-21-12-14-23(32)15-13-21/h3-18,37H,19-20H2,1-2H3,(H,34,36). The fourth-order valence-electron chi connectivity index (χ4n) is 4.33. The topological polar surface area (TPSA) is 76.4 Å². The summed E-state index contributed by atoms with van der Waals surface area (Å²) in [7, 11) is 0. The van der Waals surface area contributed by atoms with E-state index in [0.29, 0.717) is 29.4 Å². The molecule has 0 fully saturated rings. The highest BCUT2D eigenvalue weighted by atomic mass is 19.1. The summed E-state index contributed by atoms with van der Waals surface area (Å²) in [6.45, 7) is 3.93. The second-order valence-electron chi connectivity index (χ2n) is 9.63. The minimum absolute atomic E-state index is 0.285. The Balaban J connectivity index is 1.56. The van der Waals surface area contributed by atoms with E-state index in [-0.39, 0.29) is 18.3 Å². The molecule has 2 aromatic heterocycles. The summed E-state index contributed by atoms with van der Waals surface area (Å²) in [6.07, 6.45) is 1.52. The number of rotatable bonds is 8. The third-order valence-corrected chi connectivity index (χ3v) is 6.27. The van der Waals surface area contributed by atoms with Crippen LogP contribution in [0.5, 0.6) is 5.75 Å². The lowest BCUT2D eigenvalue weighted by atomic mass is 10.1. The van der Waals surface area contributed by atoms with Crippen molar-refractivity contribution in [2.45, 2.75) is 32.6 Å². The van der Waals surface area contributed by atoms with Crippen LogP contribution in [0.2, 0.25) is 0 Å². The molecule has 1 amide bonds. The molecule has 0 radical (unpaired) electrons. The van der Waals surface area contributed by atoms with Crippen LogP contribution in [0.25, 0.3) is 10.9 Å². The van der Waals surface area contributed by atoms with Crippen molar-refractivity contribution in [3.63, 3.8) is 0 Å². The van der Waals surface area contributed by atoms with E-state index in [9.17, 15) is 14.3 Å². The molecule has 0 atom stereocenters. The molecule has 0 unspecified atom stereocenters. The second-order valence-corrected chi connectivity index (χ2v) is 9.63. The number of nitrogens with zero attached hydrogens (tertiary/aromatic N) is 2. The lowest BCUT2D eigenvalue weighted by molar-refractivity contribution is 0.0739. The number of nitrogens with one attached hydrogen (secondary N) is 1. The SMILES string of the molecule is CC(C)(O)c1ccc(NC(=O)c2c(OCc3ccccc3)c3ccccc3n2Cc2ccc(F)cc2)cn1. The Hall–Kier alpha value is -4.49. The Morgan fingerprint density at radius 1 is 0.947 bits per heavy atom. The molecule has 0 aliphatic carbocycles. The molecule has 38 heavy (non-hydrogen) atoms. The molecule has 0 aliphatic rings. The average Bonchev–Trinajstić information content (AvgIpc) is 3.22. The van der Waals surface area contributed by atoms with E-state index in [1.807, 2.05) is 59.2 Å². The third-order valence-electron chi connectivity index (χ3n) is 6.27. The van der Waals surface area contributed by atoms with Crippen molar-refractivity contribution in [2.75, 3.05) is 5.32 Å². The van der Waals surface area contributed by atoms with Gasteiger partial charge in [-0.05, 0) is 61.4 Å². The number of hydrogen-bond acceptors (Lipinski definition) is 4. The molecule has 0 saturated carbocycles. The van der Waals surface area contributed by atoms with Crippen LogP contribution < -0.4 is 10.1 Å². The lowest BCUT2D eigenvalue weighted by Crippen LogP contribution is -2.20. The van der Waals surface area contributed by atoms with Crippen LogP contribution in [0.1, 0.15) is 41.2 Å². The number of pyridine rings is 1. The summed E-state index contributed by atoms with van der Waals surface area (Å²) in [5.41, 5.74) is 2.86. The summed E-state index contributed by atoms with van der Waals surface area (Å²) < 4.78 is 21.8. The number of hydrogen-bond donors (Lipinski definition) is 2. The molecular formula is C31H28FN3O3. The van der Waals surface area contributed by atoms with Gasteiger partial charge in [0.15, 0.2) is 11.4 Å². The highest BCUT2D eigenvalue weighted by Gasteiger charge is 2.25. The summed E-state index contributed by atoms with van der Waals surface area (Å²) in [5.74, 6) is -0.229. The molecule has 5 rings (SSSR count). The fourth-order valence-corrected chi connectivity index (χ4v) is 4.33. The highest BCUT2D eigenvalue weighted by molar-refractivity contribution is 6.10. The van der Waals surface area contributed by atoms with Crippen LogP contribution in [-0.2, 0) is 18.8 Å². The van der Waals surface area contributed by atoms with Gasteiger partial charge in [0.2, 0.25) is 0 Å². The fraction of sp³-hybridized carbons (Fsp3) is 0.161. The van der Waals surface area contributed by atoms with Gasteiger partial charge in [0.1, 0.15) is 18.0 Å². The molecule has 0 saturated heterocycles. The smallest absolute Gasteiger partial charge is 0.276 e. The van der Waals surface area contributed by atoms with Crippen LogP contribution >= 0.6 is 0 Å². The third kappa shape index (κ3) is 5.43. The Kier molecular flexibility index (Phi) is 6.94. The maximum atomic E-state index is 13.8. The summed E-state index contributed by atoms with van der Waals surface area (Å²) in [6, 6.07) is 27.0. The summed E-state index contributed by atoms with van der Waals surface area (Å²) in [4.78, 5) is 18.1. The van der Waals surface area contributed by atoms with Crippen molar-refractivity contribution >= 4 is 22.5 Å². The van der Waals surface area contributed by atoms with Gasteiger partial charge in [-0.15, -0.1) is 0 Å². The number of amides is 1. The number of ether oxygens (including phenoxy) is 1. The molecule has 2 heterocycles. The number of carbonyl (C=O) groups is 1. The number of fused-ring (bicyclic) bond motifs is 1. The molecule has 3 aromatic carbocycles. The normalized spacial score (nSPS) is 11.5. The van der Waals surface area contributed by atoms with Gasteiger partial charge >= 0.3 is 0 Å². The van der Waals surface area contributed by atoms with Gasteiger partial charge in [0, 0.05) is 11.9 Å². The van der Waals surface area contributed by atoms with E-state index in [1.54, 1.807) is 38.1 Å². The Morgan fingerprint density at radius 3 is 2.34 bits per heavy atom. The van der Waals surface area contributed by atoms with E-state index < -0.39 is 5.60 Å². The number of halogens is 1. The summed E-state index contributed by atoms with van der Waals surface area (Å²) in [5, 5.41) is 13.9. The van der Waals surface area contributed by atoms with Gasteiger partial charge in [-0.2, -0.15) is 0 Å². The average molecular weight is 510 g/mol. The van der Waals surface area contributed by atoms with Gasteiger partial charge in [-0.1, -0.05) is 54.6 Å². The Morgan fingerprint density at radius 2 is 1.66 bits per heavy atom. The molecule has 0 aliphatic heterocycles. The first-order valence-corrected chi connectivity index (χ1v) is 12.3. The van der Waals surface area contributed by atoms with Crippen molar-refractivity contribution in [2.24, 2.45) is 0 Å². The number of benzene rings is 3. The van der Waals surface area contributed by atoms with Gasteiger partial charge < -0.3 is 19.7 Å². The van der Waals surface area contributed by atoms with Crippen molar-refractivity contribution in [3.8, 4) is 5.75 Å². The first-order chi connectivity index (χ1) is 18.3. The molecule has 0 bridgehead atoms. The lowest BCUT2D eigenvalue weighted by Gasteiger charge is -2.17. The number of aliphatic hydroxyl groups is 1. The number of aromatic nitrogens is 2. The molecule has 192 valence electrons. The molecule has 6 nitrogen and oxygen atoms in total. The Labute approximate surface area is 220 Å².